The van der Waals surface area contributed by atoms with Crippen LogP contribution in [0.4, 0.5) is 0 Å². The third-order valence-electron chi connectivity index (χ3n) is 2.93. The van der Waals surface area contributed by atoms with Crippen LogP contribution in [0.25, 0.3) is 0 Å². The maximum atomic E-state index is 11.5. The summed E-state index contributed by atoms with van der Waals surface area (Å²) in [6.07, 6.45) is 1.15. The molecule has 0 aliphatic heterocycles. The second-order valence-corrected chi connectivity index (χ2v) is 7.24. The highest BCUT2D eigenvalue weighted by atomic mass is 35.5. The van der Waals surface area contributed by atoms with Gasteiger partial charge in [0.2, 0.25) is 0 Å². The molecule has 0 aliphatic carbocycles. The van der Waals surface area contributed by atoms with Gasteiger partial charge in [0.15, 0.2) is 9.84 Å². The fraction of sp³-hybridized carbons (Fsp3) is 0.200. The lowest BCUT2D eigenvalue weighted by Gasteiger charge is -2.11. The second-order valence-electron chi connectivity index (χ2n) is 4.82. The summed E-state index contributed by atoms with van der Waals surface area (Å²) in [6.45, 7) is 1.84. The number of benzene rings is 2. The molecule has 1 unspecified atom stereocenters. The molecule has 0 spiro atoms. The van der Waals surface area contributed by atoms with Gasteiger partial charge in [-0.25, -0.2) is 8.42 Å². The molecule has 6 heteroatoms. The standard InChI is InChI=1S/C15H16ClNO3S/c1-10(17)14-7-6-12(9-15(14)16)20-11-4-3-5-13(8-11)21(2,18)19/h3-10H,17H2,1-2H3. The van der Waals surface area contributed by atoms with Crippen LogP contribution in [0.3, 0.4) is 0 Å². The number of hydrogen-bond acceptors (Lipinski definition) is 4. The van der Waals surface area contributed by atoms with Crippen molar-refractivity contribution in [1.29, 1.82) is 0 Å². The molecule has 2 N–H and O–H groups in total. The van der Waals surface area contributed by atoms with Gasteiger partial charge < -0.3 is 10.5 Å². The van der Waals surface area contributed by atoms with Crippen LogP contribution >= 0.6 is 11.6 Å². The van der Waals surface area contributed by atoms with Gasteiger partial charge in [-0.2, -0.15) is 0 Å². The zero-order chi connectivity index (χ0) is 15.6. The monoisotopic (exact) mass is 325 g/mol. The number of rotatable bonds is 4. The molecule has 21 heavy (non-hydrogen) atoms. The van der Waals surface area contributed by atoms with E-state index in [0.29, 0.717) is 16.5 Å². The molecular formula is C15H16ClNO3S. The summed E-state index contributed by atoms with van der Waals surface area (Å²) < 4.78 is 28.7. The van der Waals surface area contributed by atoms with E-state index in [-0.39, 0.29) is 10.9 Å². The van der Waals surface area contributed by atoms with Crippen molar-refractivity contribution in [2.75, 3.05) is 6.26 Å². The Morgan fingerprint density at radius 1 is 1.14 bits per heavy atom. The Labute approximate surface area is 129 Å². The third kappa shape index (κ3) is 3.97. The lowest BCUT2D eigenvalue weighted by molar-refractivity contribution is 0.480. The van der Waals surface area contributed by atoms with Crippen molar-refractivity contribution in [2.24, 2.45) is 5.73 Å². The van der Waals surface area contributed by atoms with Crippen LogP contribution < -0.4 is 10.5 Å². The summed E-state index contributed by atoms with van der Waals surface area (Å²) in [5, 5.41) is 0.516. The summed E-state index contributed by atoms with van der Waals surface area (Å²) in [5.41, 5.74) is 6.62. The van der Waals surface area contributed by atoms with Gasteiger partial charge in [0.05, 0.1) is 4.90 Å². The van der Waals surface area contributed by atoms with Crippen molar-refractivity contribution in [3.8, 4) is 11.5 Å². The summed E-state index contributed by atoms with van der Waals surface area (Å²) in [4.78, 5) is 0.207. The molecule has 4 nitrogen and oxygen atoms in total. The van der Waals surface area contributed by atoms with Crippen molar-refractivity contribution in [3.05, 3.63) is 53.1 Å². The van der Waals surface area contributed by atoms with E-state index in [1.54, 1.807) is 30.3 Å². The summed E-state index contributed by atoms with van der Waals surface area (Å²) >= 11 is 6.14. The predicted molar refractivity (Wildman–Crippen MR) is 83.7 cm³/mol. The summed E-state index contributed by atoms with van der Waals surface area (Å²) in [5.74, 6) is 0.956. The van der Waals surface area contributed by atoms with E-state index in [2.05, 4.69) is 0 Å². The molecule has 0 amide bonds. The average molecular weight is 326 g/mol. The topological polar surface area (TPSA) is 69.4 Å². The SMILES string of the molecule is CC(N)c1ccc(Oc2cccc(S(C)(=O)=O)c2)cc1Cl. The number of nitrogens with two attached hydrogens (primary N) is 1. The van der Waals surface area contributed by atoms with Crippen LogP contribution in [0, 0.1) is 0 Å². The molecule has 0 saturated carbocycles. The molecule has 0 saturated heterocycles. The summed E-state index contributed by atoms with van der Waals surface area (Å²) in [7, 11) is -3.27. The third-order valence-corrected chi connectivity index (χ3v) is 4.37. The average Bonchev–Trinajstić information content (AvgIpc) is 2.37. The Balaban J connectivity index is 2.29. The summed E-state index contributed by atoms with van der Waals surface area (Å²) in [6, 6.07) is 11.3. The maximum absolute atomic E-state index is 11.5. The lowest BCUT2D eigenvalue weighted by Crippen LogP contribution is -2.05. The Kier molecular flexibility index (Phi) is 4.56. The van der Waals surface area contributed by atoms with Gasteiger partial charge >= 0.3 is 0 Å². The molecule has 0 heterocycles. The molecule has 112 valence electrons. The van der Waals surface area contributed by atoms with Crippen molar-refractivity contribution < 1.29 is 13.2 Å². The lowest BCUT2D eigenvalue weighted by atomic mass is 10.1. The first kappa shape index (κ1) is 15.8. The van der Waals surface area contributed by atoms with E-state index in [1.165, 1.54) is 12.1 Å². The Morgan fingerprint density at radius 3 is 2.38 bits per heavy atom. The largest absolute Gasteiger partial charge is 0.457 e. The quantitative estimate of drug-likeness (QED) is 0.933. The number of ether oxygens (including phenoxy) is 1. The van der Waals surface area contributed by atoms with E-state index >= 15 is 0 Å². The van der Waals surface area contributed by atoms with Crippen molar-refractivity contribution in [3.63, 3.8) is 0 Å². The van der Waals surface area contributed by atoms with Gasteiger partial charge in [-0.05, 0) is 42.8 Å². The van der Waals surface area contributed by atoms with Gasteiger partial charge in [-0.3, -0.25) is 0 Å². The number of hydrogen-bond donors (Lipinski definition) is 1. The van der Waals surface area contributed by atoms with E-state index in [0.717, 1.165) is 11.8 Å². The van der Waals surface area contributed by atoms with Crippen LogP contribution in [0.5, 0.6) is 11.5 Å². The molecule has 0 fully saturated rings. The minimum absolute atomic E-state index is 0.167. The van der Waals surface area contributed by atoms with Crippen LogP contribution in [0.1, 0.15) is 18.5 Å². The normalized spacial score (nSPS) is 13.0. The molecule has 2 aromatic rings. The van der Waals surface area contributed by atoms with Crippen LogP contribution in [-0.4, -0.2) is 14.7 Å². The molecular weight excluding hydrogens is 310 g/mol. The van der Waals surface area contributed by atoms with Crippen LogP contribution in [-0.2, 0) is 9.84 Å². The van der Waals surface area contributed by atoms with Gasteiger partial charge in [-0.1, -0.05) is 23.7 Å². The van der Waals surface area contributed by atoms with E-state index < -0.39 is 9.84 Å². The molecule has 1 atom stereocenters. The highest BCUT2D eigenvalue weighted by molar-refractivity contribution is 7.90. The minimum atomic E-state index is -3.27. The highest BCUT2D eigenvalue weighted by Gasteiger charge is 2.10. The van der Waals surface area contributed by atoms with Crippen LogP contribution in [0.2, 0.25) is 5.02 Å². The van der Waals surface area contributed by atoms with Crippen molar-refractivity contribution in [1.82, 2.24) is 0 Å². The molecule has 0 bridgehead atoms. The zero-order valence-corrected chi connectivity index (χ0v) is 13.3. The first-order valence-corrected chi connectivity index (χ1v) is 8.57. The number of halogens is 1. The smallest absolute Gasteiger partial charge is 0.175 e. The Bertz CT molecular complexity index is 757. The highest BCUT2D eigenvalue weighted by Crippen LogP contribution is 2.30. The second kappa shape index (κ2) is 6.05. The predicted octanol–water partition coefficient (Wildman–Crippen LogP) is 3.56. The molecule has 2 rings (SSSR count). The first-order chi connectivity index (χ1) is 9.77. The van der Waals surface area contributed by atoms with E-state index in [9.17, 15) is 8.42 Å². The number of sulfone groups is 1. The minimum Gasteiger partial charge on any atom is -0.457 e. The molecule has 0 radical (unpaired) electrons. The van der Waals surface area contributed by atoms with Gasteiger partial charge in [0.25, 0.3) is 0 Å². The van der Waals surface area contributed by atoms with E-state index in [1.807, 2.05) is 6.92 Å². The van der Waals surface area contributed by atoms with Gasteiger partial charge in [0, 0.05) is 17.3 Å². The van der Waals surface area contributed by atoms with Crippen molar-refractivity contribution in [2.45, 2.75) is 17.9 Å². The first-order valence-electron chi connectivity index (χ1n) is 6.30. The molecule has 2 aromatic carbocycles. The van der Waals surface area contributed by atoms with Gasteiger partial charge in [0.1, 0.15) is 11.5 Å². The van der Waals surface area contributed by atoms with Gasteiger partial charge in [-0.15, -0.1) is 0 Å². The van der Waals surface area contributed by atoms with E-state index in [4.69, 9.17) is 22.1 Å². The van der Waals surface area contributed by atoms with Crippen LogP contribution in [0.15, 0.2) is 47.4 Å². The Morgan fingerprint density at radius 2 is 1.81 bits per heavy atom. The fourth-order valence-electron chi connectivity index (χ4n) is 1.85. The van der Waals surface area contributed by atoms with Crippen molar-refractivity contribution >= 4 is 21.4 Å². The molecule has 0 aromatic heterocycles. The maximum Gasteiger partial charge on any atom is 0.175 e. The zero-order valence-electron chi connectivity index (χ0n) is 11.7. The Hall–Kier alpha value is -1.56. The fourth-order valence-corrected chi connectivity index (χ4v) is 2.84. The molecule has 0 aliphatic rings.